The van der Waals surface area contributed by atoms with Crippen LogP contribution in [0, 0.1) is 6.92 Å². The number of alkyl halides is 1. The summed E-state index contributed by atoms with van der Waals surface area (Å²) >= 11 is 6.26. The molecule has 2 rings (SSSR count). The minimum absolute atomic E-state index is 0.223. The number of nitrogens with one attached hydrogen (secondary N) is 1. The highest BCUT2D eigenvalue weighted by atomic mass is 35.5. The molecule has 0 spiro atoms. The lowest BCUT2D eigenvalue weighted by Crippen LogP contribution is -2.33. The van der Waals surface area contributed by atoms with Gasteiger partial charge in [0, 0.05) is 6.04 Å². The maximum atomic E-state index is 6.26. The van der Waals surface area contributed by atoms with Crippen LogP contribution in [0.2, 0.25) is 0 Å². The van der Waals surface area contributed by atoms with Crippen LogP contribution < -0.4 is 5.32 Å². The molecule has 0 aliphatic heterocycles. The van der Waals surface area contributed by atoms with Crippen molar-refractivity contribution in [1.82, 2.24) is 10.2 Å². The van der Waals surface area contributed by atoms with E-state index in [0.29, 0.717) is 6.04 Å². The molecule has 4 heteroatoms. The molecule has 1 aliphatic rings. The van der Waals surface area contributed by atoms with Gasteiger partial charge in [-0.2, -0.15) is 5.10 Å². The summed E-state index contributed by atoms with van der Waals surface area (Å²) in [6.45, 7) is 2.01. The van der Waals surface area contributed by atoms with E-state index in [1.807, 2.05) is 13.0 Å². The summed E-state index contributed by atoms with van der Waals surface area (Å²) in [5, 5.41) is 11.6. The van der Waals surface area contributed by atoms with E-state index in [4.69, 9.17) is 11.6 Å². The average Bonchev–Trinajstić information content (AvgIpc) is 2.22. The maximum Gasteiger partial charge on any atom is 0.149 e. The summed E-state index contributed by atoms with van der Waals surface area (Å²) in [5.41, 5.74) is 1.12. The molecule has 15 heavy (non-hydrogen) atoms. The molecule has 1 aliphatic carbocycles. The zero-order valence-corrected chi connectivity index (χ0v) is 9.67. The Kier molecular flexibility index (Phi) is 3.41. The number of halogens is 1. The van der Waals surface area contributed by atoms with Crippen molar-refractivity contribution < 1.29 is 0 Å². The first-order valence-electron chi connectivity index (χ1n) is 5.45. The fourth-order valence-corrected chi connectivity index (χ4v) is 2.32. The third-order valence-electron chi connectivity index (χ3n) is 2.81. The van der Waals surface area contributed by atoms with Crippen molar-refractivity contribution in [2.24, 2.45) is 0 Å². The largest absolute Gasteiger partial charge is 0.364 e. The molecule has 0 amide bonds. The number of rotatable bonds is 2. The molecule has 1 N–H and O–H groups in total. The molecule has 1 aromatic heterocycles. The second kappa shape index (κ2) is 4.79. The molecule has 1 heterocycles. The summed E-state index contributed by atoms with van der Waals surface area (Å²) in [6, 6.07) is 2.35. The van der Waals surface area contributed by atoms with Gasteiger partial charge in [-0.3, -0.25) is 0 Å². The molecule has 82 valence electrons. The summed E-state index contributed by atoms with van der Waals surface area (Å²) in [4.78, 5) is 0. The van der Waals surface area contributed by atoms with Crippen molar-refractivity contribution >= 4 is 17.4 Å². The standard InChI is InChI=1S/C11H16ClN3/c1-8-6-11(15-13-7-8)14-10-5-3-2-4-9(10)12/h6-7,9-10H,2-5H2,1H3,(H,14,15). The Bertz CT molecular complexity index is 329. The molecular weight excluding hydrogens is 210 g/mol. The smallest absolute Gasteiger partial charge is 0.149 e. The van der Waals surface area contributed by atoms with Crippen LogP contribution in [0.4, 0.5) is 5.82 Å². The van der Waals surface area contributed by atoms with Gasteiger partial charge in [0.05, 0.1) is 11.6 Å². The normalized spacial score (nSPS) is 26.3. The Hall–Kier alpha value is -0.830. The monoisotopic (exact) mass is 225 g/mol. The summed E-state index contributed by atoms with van der Waals surface area (Å²) in [6.07, 6.45) is 6.47. The minimum atomic E-state index is 0.223. The van der Waals surface area contributed by atoms with Gasteiger partial charge in [0.2, 0.25) is 0 Å². The van der Waals surface area contributed by atoms with Gasteiger partial charge in [0.1, 0.15) is 5.82 Å². The Labute approximate surface area is 95.2 Å². The molecule has 0 aromatic carbocycles. The maximum absolute atomic E-state index is 6.26. The third kappa shape index (κ3) is 2.81. The van der Waals surface area contributed by atoms with E-state index in [1.54, 1.807) is 6.20 Å². The first-order valence-corrected chi connectivity index (χ1v) is 5.89. The number of hydrogen-bond acceptors (Lipinski definition) is 3. The van der Waals surface area contributed by atoms with Gasteiger partial charge in [0.25, 0.3) is 0 Å². The quantitative estimate of drug-likeness (QED) is 0.787. The summed E-state index contributed by atoms with van der Waals surface area (Å²) in [5.74, 6) is 0.840. The van der Waals surface area contributed by atoms with Crippen molar-refractivity contribution in [2.75, 3.05) is 5.32 Å². The Balaban J connectivity index is 2.01. The van der Waals surface area contributed by atoms with Gasteiger partial charge in [-0.25, -0.2) is 0 Å². The van der Waals surface area contributed by atoms with Crippen LogP contribution in [0.25, 0.3) is 0 Å². The summed E-state index contributed by atoms with van der Waals surface area (Å²) in [7, 11) is 0. The Morgan fingerprint density at radius 2 is 2.20 bits per heavy atom. The SMILES string of the molecule is Cc1cnnc(NC2CCCCC2Cl)c1. The molecule has 3 nitrogen and oxygen atoms in total. The lowest BCUT2D eigenvalue weighted by Gasteiger charge is -2.28. The van der Waals surface area contributed by atoms with E-state index >= 15 is 0 Å². The fourth-order valence-electron chi connectivity index (χ4n) is 1.97. The predicted molar refractivity (Wildman–Crippen MR) is 62.3 cm³/mol. The van der Waals surface area contributed by atoms with E-state index in [9.17, 15) is 0 Å². The van der Waals surface area contributed by atoms with Crippen LogP contribution in [0.1, 0.15) is 31.2 Å². The highest BCUT2D eigenvalue weighted by Crippen LogP contribution is 2.25. The molecular formula is C11H16ClN3. The van der Waals surface area contributed by atoms with Gasteiger partial charge in [-0.15, -0.1) is 16.7 Å². The van der Waals surface area contributed by atoms with E-state index < -0.39 is 0 Å². The molecule has 0 bridgehead atoms. The highest BCUT2D eigenvalue weighted by molar-refractivity contribution is 6.21. The first-order chi connectivity index (χ1) is 7.25. The Morgan fingerprint density at radius 1 is 1.40 bits per heavy atom. The average molecular weight is 226 g/mol. The molecule has 1 saturated carbocycles. The number of anilines is 1. The fraction of sp³-hybridized carbons (Fsp3) is 0.636. The molecule has 1 aromatic rings. The van der Waals surface area contributed by atoms with Gasteiger partial charge < -0.3 is 5.32 Å². The molecule has 2 atom stereocenters. The topological polar surface area (TPSA) is 37.8 Å². The van der Waals surface area contributed by atoms with Gasteiger partial charge in [-0.05, 0) is 31.4 Å². The van der Waals surface area contributed by atoms with Crippen LogP contribution in [-0.4, -0.2) is 21.6 Å². The molecule has 0 saturated heterocycles. The van der Waals surface area contributed by atoms with E-state index in [1.165, 1.54) is 12.8 Å². The molecule has 0 radical (unpaired) electrons. The second-order valence-electron chi connectivity index (χ2n) is 4.17. The molecule has 1 fully saturated rings. The third-order valence-corrected chi connectivity index (χ3v) is 3.33. The number of nitrogens with zero attached hydrogens (tertiary/aromatic N) is 2. The first kappa shape index (κ1) is 10.7. The zero-order valence-electron chi connectivity index (χ0n) is 8.91. The predicted octanol–water partition coefficient (Wildman–Crippen LogP) is 2.75. The van der Waals surface area contributed by atoms with Crippen LogP contribution in [-0.2, 0) is 0 Å². The van der Waals surface area contributed by atoms with Crippen molar-refractivity contribution in [3.05, 3.63) is 17.8 Å². The lowest BCUT2D eigenvalue weighted by atomic mass is 9.95. The summed E-state index contributed by atoms with van der Waals surface area (Å²) < 4.78 is 0. The van der Waals surface area contributed by atoms with Gasteiger partial charge >= 0.3 is 0 Å². The van der Waals surface area contributed by atoms with E-state index in [-0.39, 0.29) is 5.38 Å². The van der Waals surface area contributed by atoms with Crippen LogP contribution in [0.15, 0.2) is 12.3 Å². The van der Waals surface area contributed by atoms with Crippen LogP contribution in [0.5, 0.6) is 0 Å². The van der Waals surface area contributed by atoms with Gasteiger partial charge in [-0.1, -0.05) is 12.8 Å². The van der Waals surface area contributed by atoms with Crippen LogP contribution >= 0.6 is 11.6 Å². The van der Waals surface area contributed by atoms with Crippen molar-refractivity contribution in [3.8, 4) is 0 Å². The van der Waals surface area contributed by atoms with Crippen molar-refractivity contribution in [2.45, 2.75) is 44.0 Å². The minimum Gasteiger partial charge on any atom is -0.364 e. The van der Waals surface area contributed by atoms with Crippen molar-refractivity contribution in [1.29, 1.82) is 0 Å². The van der Waals surface area contributed by atoms with E-state index in [2.05, 4.69) is 15.5 Å². The second-order valence-corrected chi connectivity index (χ2v) is 4.73. The number of hydrogen-bond donors (Lipinski definition) is 1. The zero-order chi connectivity index (χ0) is 10.7. The number of aryl methyl sites for hydroxylation is 1. The number of aromatic nitrogens is 2. The molecule has 2 unspecified atom stereocenters. The van der Waals surface area contributed by atoms with Crippen molar-refractivity contribution in [3.63, 3.8) is 0 Å². The lowest BCUT2D eigenvalue weighted by molar-refractivity contribution is 0.468. The Morgan fingerprint density at radius 3 is 2.93 bits per heavy atom. The van der Waals surface area contributed by atoms with Crippen LogP contribution in [0.3, 0.4) is 0 Å². The van der Waals surface area contributed by atoms with E-state index in [0.717, 1.165) is 24.2 Å². The highest BCUT2D eigenvalue weighted by Gasteiger charge is 2.23. The van der Waals surface area contributed by atoms with Gasteiger partial charge in [0.15, 0.2) is 0 Å².